The van der Waals surface area contributed by atoms with Crippen LogP contribution in [0.3, 0.4) is 0 Å². The maximum absolute atomic E-state index is 12.4. The minimum absolute atomic E-state index is 0.226. The molecule has 0 saturated heterocycles. The highest BCUT2D eigenvalue weighted by atomic mass is 16.6. The van der Waals surface area contributed by atoms with E-state index in [0.717, 1.165) is 12.0 Å². The number of carbonyl (C=O) groups is 2. The predicted octanol–water partition coefficient (Wildman–Crippen LogP) is 4.35. The molecular formula is C21H24O4. The summed E-state index contributed by atoms with van der Waals surface area (Å²) in [6, 6.07) is 16.2. The maximum atomic E-state index is 12.4. The van der Waals surface area contributed by atoms with Crippen LogP contribution in [0.4, 0.5) is 0 Å². The van der Waals surface area contributed by atoms with Gasteiger partial charge in [0.15, 0.2) is 0 Å². The summed E-state index contributed by atoms with van der Waals surface area (Å²) in [5.41, 5.74) is 2.17. The molecule has 0 N–H and O–H groups in total. The molecule has 0 aliphatic carbocycles. The second kappa shape index (κ2) is 9.02. The van der Waals surface area contributed by atoms with Gasteiger partial charge in [-0.15, -0.1) is 0 Å². The van der Waals surface area contributed by atoms with Crippen LogP contribution in [0.2, 0.25) is 0 Å². The van der Waals surface area contributed by atoms with Gasteiger partial charge in [0.1, 0.15) is 0 Å². The highest BCUT2D eigenvalue weighted by molar-refractivity contribution is 5.91. The first-order chi connectivity index (χ1) is 12.0. The summed E-state index contributed by atoms with van der Waals surface area (Å²) in [5.74, 6) is -0.569. The molecule has 0 spiro atoms. The molecule has 0 radical (unpaired) electrons. The highest BCUT2D eigenvalue weighted by Crippen LogP contribution is 2.21. The second-order valence-electron chi connectivity index (χ2n) is 6.24. The largest absolute Gasteiger partial charge is 0.463 e. The normalized spacial score (nSPS) is 11.8. The predicted molar refractivity (Wildman–Crippen MR) is 96.2 cm³/mol. The molecular weight excluding hydrogens is 316 g/mol. The number of benzene rings is 2. The monoisotopic (exact) mass is 340 g/mol. The number of rotatable bonds is 7. The molecule has 25 heavy (non-hydrogen) atoms. The summed E-state index contributed by atoms with van der Waals surface area (Å²) in [5, 5.41) is 0. The Kier molecular flexibility index (Phi) is 6.75. The molecule has 4 heteroatoms. The first kappa shape index (κ1) is 18.7. The van der Waals surface area contributed by atoms with Crippen LogP contribution in [0.25, 0.3) is 0 Å². The lowest BCUT2D eigenvalue weighted by Gasteiger charge is -2.17. The molecule has 0 saturated carbocycles. The zero-order valence-corrected chi connectivity index (χ0v) is 14.9. The second-order valence-corrected chi connectivity index (χ2v) is 6.24. The van der Waals surface area contributed by atoms with Crippen molar-refractivity contribution in [3.05, 3.63) is 71.3 Å². The third-order valence-corrected chi connectivity index (χ3v) is 3.66. The fraction of sp³-hybridized carbons (Fsp3) is 0.333. The van der Waals surface area contributed by atoms with Gasteiger partial charge in [-0.25, -0.2) is 9.59 Å². The Balaban J connectivity index is 2.15. The van der Waals surface area contributed by atoms with E-state index >= 15 is 0 Å². The molecule has 0 aliphatic rings. The minimum atomic E-state index is -1.07. The average molecular weight is 340 g/mol. The molecule has 0 amide bonds. The van der Waals surface area contributed by atoms with Gasteiger partial charge in [-0.1, -0.05) is 56.3 Å². The summed E-state index contributed by atoms with van der Waals surface area (Å²) in [6.07, 6.45) is -0.117. The van der Waals surface area contributed by atoms with Crippen molar-refractivity contribution in [1.82, 2.24) is 0 Å². The van der Waals surface area contributed by atoms with Crippen LogP contribution in [0.5, 0.6) is 0 Å². The fourth-order valence-corrected chi connectivity index (χ4v) is 2.52. The summed E-state index contributed by atoms with van der Waals surface area (Å²) < 4.78 is 10.5. The molecule has 2 aromatic rings. The van der Waals surface area contributed by atoms with E-state index in [0.29, 0.717) is 17.0 Å². The molecule has 132 valence electrons. The summed E-state index contributed by atoms with van der Waals surface area (Å²) in [7, 11) is 0. The van der Waals surface area contributed by atoms with Crippen molar-refractivity contribution < 1.29 is 19.1 Å². The Morgan fingerprint density at radius 2 is 1.60 bits per heavy atom. The smallest absolute Gasteiger partial charge is 0.352 e. The number of ether oxygens (including phenoxy) is 2. The Morgan fingerprint density at radius 1 is 0.960 bits per heavy atom. The van der Waals surface area contributed by atoms with Gasteiger partial charge in [-0.2, -0.15) is 0 Å². The van der Waals surface area contributed by atoms with Gasteiger partial charge in [0.25, 0.3) is 0 Å². The molecule has 4 nitrogen and oxygen atoms in total. The van der Waals surface area contributed by atoms with Crippen LogP contribution in [0, 0.1) is 5.92 Å². The van der Waals surface area contributed by atoms with Crippen LogP contribution < -0.4 is 0 Å². The van der Waals surface area contributed by atoms with E-state index in [9.17, 15) is 9.59 Å². The van der Waals surface area contributed by atoms with Crippen LogP contribution in [-0.2, 0) is 20.7 Å². The highest BCUT2D eigenvalue weighted by Gasteiger charge is 2.26. The number of hydrogen-bond donors (Lipinski definition) is 0. The summed E-state index contributed by atoms with van der Waals surface area (Å²) in [4.78, 5) is 24.6. The topological polar surface area (TPSA) is 52.6 Å². The third kappa shape index (κ3) is 5.45. The van der Waals surface area contributed by atoms with E-state index in [1.165, 1.54) is 0 Å². The van der Waals surface area contributed by atoms with Crippen LogP contribution >= 0.6 is 0 Å². The van der Waals surface area contributed by atoms with Crippen molar-refractivity contribution in [1.29, 1.82) is 0 Å². The summed E-state index contributed by atoms with van der Waals surface area (Å²) in [6.45, 7) is 6.23. The number of hydrogen-bond acceptors (Lipinski definition) is 4. The summed E-state index contributed by atoms with van der Waals surface area (Å²) >= 11 is 0. The lowest BCUT2D eigenvalue weighted by atomic mass is 10.0. The molecule has 0 heterocycles. The van der Waals surface area contributed by atoms with Crippen molar-refractivity contribution in [3.8, 4) is 0 Å². The average Bonchev–Trinajstić information content (AvgIpc) is 2.60. The Labute approximate surface area is 148 Å². The Bertz CT molecular complexity index is 690. The van der Waals surface area contributed by atoms with Gasteiger partial charge in [-0.3, -0.25) is 0 Å². The lowest BCUT2D eigenvalue weighted by molar-refractivity contribution is -0.153. The quantitative estimate of drug-likeness (QED) is 0.703. The Hall–Kier alpha value is -2.62. The molecule has 0 aromatic heterocycles. The molecule has 2 aromatic carbocycles. The number of carbonyl (C=O) groups excluding carboxylic acids is 2. The van der Waals surface area contributed by atoms with E-state index in [4.69, 9.17) is 9.47 Å². The molecule has 0 aliphatic heterocycles. The van der Waals surface area contributed by atoms with Crippen molar-refractivity contribution in [2.75, 3.05) is 6.61 Å². The van der Waals surface area contributed by atoms with Gasteiger partial charge in [0.2, 0.25) is 6.10 Å². The van der Waals surface area contributed by atoms with Gasteiger partial charge in [0.05, 0.1) is 12.2 Å². The van der Waals surface area contributed by atoms with Gasteiger partial charge in [-0.05, 0) is 37.0 Å². The zero-order valence-electron chi connectivity index (χ0n) is 14.9. The molecule has 1 atom stereocenters. The first-order valence-corrected chi connectivity index (χ1v) is 8.52. The van der Waals surface area contributed by atoms with Gasteiger partial charge >= 0.3 is 11.9 Å². The Morgan fingerprint density at radius 3 is 2.16 bits per heavy atom. The standard InChI is InChI=1S/C21H24O4/c1-4-24-21(23)19(17-8-6-5-7-9-17)25-20(22)18-12-10-16(11-13-18)14-15(2)3/h5-13,15,19H,4,14H2,1-3H3. The molecule has 0 fully saturated rings. The van der Waals surface area contributed by atoms with E-state index in [-0.39, 0.29) is 6.61 Å². The van der Waals surface area contributed by atoms with E-state index in [1.807, 2.05) is 18.2 Å². The van der Waals surface area contributed by atoms with Crippen molar-refractivity contribution >= 4 is 11.9 Å². The van der Waals surface area contributed by atoms with Crippen LogP contribution in [-0.4, -0.2) is 18.5 Å². The lowest BCUT2D eigenvalue weighted by Crippen LogP contribution is -2.22. The van der Waals surface area contributed by atoms with Gasteiger partial charge < -0.3 is 9.47 Å². The fourth-order valence-electron chi connectivity index (χ4n) is 2.52. The third-order valence-electron chi connectivity index (χ3n) is 3.66. The van der Waals surface area contributed by atoms with E-state index < -0.39 is 18.0 Å². The molecule has 2 rings (SSSR count). The van der Waals surface area contributed by atoms with Crippen LogP contribution in [0.1, 0.15) is 48.4 Å². The maximum Gasteiger partial charge on any atom is 0.352 e. The number of esters is 2. The van der Waals surface area contributed by atoms with E-state index in [1.54, 1.807) is 43.3 Å². The van der Waals surface area contributed by atoms with Crippen molar-refractivity contribution in [3.63, 3.8) is 0 Å². The zero-order chi connectivity index (χ0) is 18.2. The first-order valence-electron chi connectivity index (χ1n) is 8.52. The SMILES string of the molecule is CCOC(=O)C(OC(=O)c1ccc(CC(C)C)cc1)c1ccccc1. The minimum Gasteiger partial charge on any atom is -0.463 e. The van der Waals surface area contributed by atoms with Crippen LogP contribution in [0.15, 0.2) is 54.6 Å². The molecule has 1 unspecified atom stereocenters. The van der Waals surface area contributed by atoms with E-state index in [2.05, 4.69) is 13.8 Å². The molecule has 0 bridgehead atoms. The van der Waals surface area contributed by atoms with Crippen molar-refractivity contribution in [2.24, 2.45) is 5.92 Å². The van der Waals surface area contributed by atoms with Crippen molar-refractivity contribution in [2.45, 2.75) is 33.3 Å². The van der Waals surface area contributed by atoms with Gasteiger partial charge in [0, 0.05) is 5.56 Å².